The topological polar surface area (TPSA) is 61.8 Å². The molecular weight excluding hydrogens is 520 g/mol. The van der Waals surface area contributed by atoms with Crippen molar-refractivity contribution in [1.82, 2.24) is 0 Å². The van der Waals surface area contributed by atoms with Crippen molar-refractivity contribution in [3.8, 4) is 16.9 Å². The van der Waals surface area contributed by atoms with Crippen LogP contribution in [0.2, 0.25) is 0 Å². The molecule has 3 aromatic rings. The van der Waals surface area contributed by atoms with Crippen LogP contribution in [0.1, 0.15) is 87.2 Å². The summed E-state index contributed by atoms with van der Waals surface area (Å²) in [6.07, 6.45) is 8.49. The van der Waals surface area contributed by atoms with Crippen LogP contribution >= 0.6 is 12.2 Å². The highest BCUT2D eigenvalue weighted by atomic mass is 32.1. The predicted molar refractivity (Wildman–Crippen MR) is 164 cm³/mol. The smallest absolute Gasteiger partial charge is 0.445 e. The maximum atomic E-state index is 12.7. The molecule has 6 heteroatoms. The number of ether oxygens (including phenoxy) is 3. The van der Waals surface area contributed by atoms with Crippen molar-refractivity contribution in [3.05, 3.63) is 89.5 Å². The van der Waals surface area contributed by atoms with Crippen molar-refractivity contribution in [2.45, 2.75) is 72.1 Å². The zero-order valence-electron chi connectivity index (χ0n) is 23.8. The van der Waals surface area contributed by atoms with Crippen molar-refractivity contribution in [2.24, 2.45) is 5.92 Å². The molecule has 0 radical (unpaired) electrons. The van der Waals surface area contributed by atoms with E-state index in [0.29, 0.717) is 5.75 Å². The van der Waals surface area contributed by atoms with E-state index in [1.54, 1.807) is 18.2 Å². The first-order valence-corrected chi connectivity index (χ1v) is 14.7. The number of hydrogen-bond acceptors (Lipinski definition) is 6. The van der Waals surface area contributed by atoms with Gasteiger partial charge in [-0.05, 0) is 60.3 Å². The fraction of sp³-hybridized carbons (Fsp3) is 0.382. The van der Waals surface area contributed by atoms with Crippen LogP contribution in [0.4, 0.5) is 4.79 Å². The van der Waals surface area contributed by atoms with Crippen LogP contribution in [0.3, 0.4) is 0 Å². The summed E-state index contributed by atoms with van der Waals surface area (Å²) in [5, 5.41) is 0.278. The van der Waals surface area contributed by atoms with Gasteiger partial charge < -0.3 is 14.2 Å². The van der Waals surface area contributed by atoms with Gasteiger partial charge in [0.15, 0.2) is 5.05 Å². The van der Waals surface area contributed by atoms with Crippen LogP contribution in [0.25, 0.3) is 11.1 Å². The molecule has 40 heavy (non-hydrogen) atoms. The fourth-order valence-corrected chi connectivity index (χ4v) is 4.38. The molecule has 3 rings (SSSR count). The van der Waals surface area contributed by atoms with Crippen LogP contribution < -0.4 is 4.74 Å². The van der Waals surface area contributed by atoms with E-state index in [9.17, 15) is 9.59 Å². The number of rotatable bonds is 14. The summed E-state index contributed by atoms with van der Waals surface area (Å²) in [6, 6.07) is 22.7. The number of esters is 1. The molecule has 0 N–H and O–H groups in total. The number of carbonyl (C=O) groups is 2. The van der Waals surface area contributed by atoms with E-state index in [1.165, 1.54) is 44.1 Å². The Hall–Kier alpha value is -3.51. The third-order valence-corrected chi connectivity index (χ3v) is 7.19. The van der Waals surface area contributed by atoms with Crippen LogP contribution in [0.5, 0.6) is 5.75 Å². The summed E-state index contributed by atoms with van der Waals surface area (Å²) in [5.41, 5.74) is 3.91. The largest absolute Gasteiger partial charge is 0.516 e. The lowest BCUT2D eigenvalue weighted by atomic mass is 9.99. The third kappa shape index (κ3) is 9.91. The number of thiocarbonyl (C=S) groups is 1. The average Bonchev–Trinajstić information content (AvgIpc) is 2.98. The first kappa shape index (κ1) is 31.0. The van der Waals surface area contributed by atoms with Crippen LogP contribution in [0.15, 0.2) is 72.8 Å². The monoisotopic (exact) mass is 560 g/mol. The lowest BCUT2D eigenvalue weighted by molar-refractivity contribution is 0.0341. The molecule has 0 saturated heterocycles. The molecule has 3 aromatic carbocycles. The zero-order valence-corrected chi connectivity index (χ0v) is 24.6. The minimum absolute atomic E-state index is 0.162. The van der Waals surface area contributed by atoms with Gasteiger partial charge in [-0.25, -0.2) is 9.59 Å². The SMILES string of the molecule is CCCCCCCCc1ccc(-c2ccc(C(=O)OC(=O)OC[C@@H](C)CC)cc2OC(=S)c2ccccc2)cc1. The quantitative estimate of drug-likeness (QED) is 0.0847. The molecule has 0 amide bonds. The van der Waals surface area contributed by atoms with Crippen molar-refractivity contribution in [2.75, 3.05) is 6.61 Å². The van der Waals surface area contributed by atoms with Gasteiger partial charge in [-0.15, -0.1) is 0 Å². The number of unbranched alkanes of at least 4 members (excludes halogenated alkanes) is 5. The van der Waals surface area contributed by atoms with Crippen LogP contribution in [0, 0.1) is 5.92 Å². The summed E-state index contributed by atoms with van der Waals surface area (Å²) in [6.45, 7) is 6.37. The van der Waals surface area contributed by atoms with Crippen molar-refractivity contribution >= 4 is 29.4 Å². The van der Waals surface area contributed by atoms with Gasteiger partial charge in [0.05, 0.1) is 12.2 Å². The Morgan fingerprint density at radius 2 is 1.52 bits per heavy atom. The van der Waals surface area contributed by atoms with Crippen LogP contribution in [-0.4, -0.2) is 23.8 Å². The average molecular weight is 561 g/mol. The molecule has 0 aliphatic heterocycles. The molecule has 0 unspecified atom stereocenters. The molecule has 0 bridgehead atoms. The highest BCUT2D eigenvalue weighted by Crippen LogP contribution is 2.33. The number of benzene rings is 3. The summed E-state index contributed by atoms with van der Waals surface area (Å²) in [4.78, 5) is 24.8. The fourth-order valence-electron chi connectivity index (χ4n) is 4.16. The first-order chi connectivity index (χ1) is 19.4. The van der Waals surface area contributed by atoms with E-state index in [2.05, 4.69) is 31.2 Å². The molecule has 0 aromatic heterocycles. The molecule has 0 saturated carbocycles. The molecule has 212 valence electrons. The summed E-state index contributed by atoms with van der Waals surface area (Å²) < 4.78 is 16.1. The number of hydrogen-bond donors (Lipinski definition) is 0. The molecular formula is C34H40O5S. The minimum Gasteiger partial charge on any atom is -0.445 e. The van der Waals surface area contributed by atoms with E-state index < -0.39 is 12.1 Å². The molecule has 1 atom stereocenters. The Kier molecular flexibility index (Phi) is 12.8. The molecule has 5 nitrogen and oxygen atoms in total. The first-order valence-electron chi connectivity index (χ1n) is 14.3. The van der Waals surface area contributed by atoms with Gasteiger partial charge in [0.1, 0.15) is 5.75 Å². The van der Waals surface area contributed by atoms with Gasteiger partial charge >= 0.3 is 12.1 Å². The number of carbonyl (C=O) groups excluding carboxylic acids is 2. The molecule has 0 aliphatic rings. The van der Waals surface area contributed by atoms with Gasteiger partial charge in [-0.2, -0.15) is 0 Å². The highest BCUT2D eigenvalue weighted by molar-refractivity contribution is 7.80. The second kappa shape index (κ2) is 16.6. The van der Waals surface area contributed by atoms with Gasteiger partial charge in [0.2, 0.25) is 0 Å². The van der Waals surface area contributed by atoms with E-state index in [1.807, 2.05) is 44.2 Å². The third-order valence-electron chi connectivity index (χ3n) is 6.87. The molecule has 0 spiro atoms. The van der Waals surface area contributed by atoms with E-state index >= 15 is 0 Å². The predicted octanol–water partition coefficient (Wildman–Crippen LogP) is 9.35. The van der Waals surface area contributed by atoms with Gasteiger partial charge in [0.25, 0.3) is 0 Å². The molecule has 0 heterocycles. The zero-order chi connectivity index (χ0) is 28.7. The maximum Gasteiger partial charge on any atom is 0.516 e. The van der Waals surface area contributed by atoms with Gasteiger partial charge in [-0.1, -0.05) is 114 Å². The Morgan fingerprint density at radius 1 is 0.825 bits per heavy atom. The van der Waals surface area contributed by atoms with Gasteiger partial charge in [-0.3, -0.25) is 0 Å². The standard InChI is InChI=1S/C34H40O5S/c1-4-6-7-8-9-11-14-26-17-19-27(20-18-26)30-22-21-29(32(35)39-34(36)37-24-25(3)5-2)23-31(30)38-33(40)28-15-12-10-13-16-28/h10,12-13,15-23,25H,4-9,11,14,24H2,1-3H3/t25-/m0/s1. The Labute approximate surface area is 243 Å². The van der Waals surface area contributed by atoms with E-state index in [0.717, 1.165) is 29.5 Å². The van der Waals surface area contributed by atoms with Crippen molar-refractivity contribution < 1.29 is 23.8 Å². The van der Waals surface area contributed by atoms with Crippen LogP contribution in [-0.2, 0) is 15.9 Å². The lowest BCUT2D eigenvalue weighted by Crippen LogP contribution is -2.17. The Balaban J connectivity index is 1.77. The second-order valence-electron chi connectivity index (χ2n) is 10.1. The Bertz CT molecular complexity index is 1240. The minimum atomic E-state index is -1.02. The highest BCUT2D eigenvalue weighted by Gasteiger charge is 2.19. The summed E-state index contributed by atoms with van der Waals surface area (Å²) >= 11 is 5.56. The van der Waals surface area contributed by atoms with E-state index in [4.69, 9.17) is 26.4 Å². The summed E-state index contributed by atoms with van der Waals surface area (Å²) in [7, 11) is 0. The molecule has 0 fully saturated rings. The van der Waals surface area contributed by atoms with Crippen molar-refractivity contribution in [1.29, 1.82) is 0 Å². The Morgan fingerprint density at radius 3 is 2.23 bits per heavy atom. The summed E-state index contributed by atoms with van der Waals surface area (Å²) in [5.74, 6) is -0.233. The number of aryl methyl sites for hydroxylation is 1. The molecule has 0 aliphatic carbocycles. The van der Waals surface area contributed by atoms with Gasteiger partial charge in [0, 0.05) is 11.1 Å². The van der Waals surface area contributed by atoms with Crippen molar-refractivity contribution in [3.63, 3.8) is 0 Å². The maximum absolute atomic E-state index is 12.7. The normalized spacial score (nSPS) is 11.5. The lowest BCUT2D eigenvalue weighted by Gasteiger charge is -2.14. The van der Waals surface area contributed by atoms with E-state index in [-0.39, 0.29) is 23.1 Å². The second-order valence-corrected chi connectivity index (χ2v) is 10.5.